The normalized spacial score (nSPS) is 11.0. The summed E-state index contributed by atoms with van der Waals surface area (Å²) in [5.41, 5.74) is 2.05. The Hall–Kier alpha value is -3.38. The molecule has 0 saturated carbocycles. The third kappa shape index (κ3) is 3.67. The predicted octanol–water partition coefficient (Wildman–Crippen LogP) is 4.24. The third-order valence-corrected chi connectivity index (χ3v) is 4.92. The Morgan fingerprint density at radius 3 is 2.62 bits per heavy atom. The van der Waals surface area contributed by atoms with Crippen LogP contribution in [0.2, 0.25) is 5.02 Å². The van der Waals surface area contributed by atoms with Crippen LogP contribution in [-0.4, -0.2) is 18.0 Å². The van der Waals surface area contributed by atoms with Crippen molar-refractivity contribution in [1.29, 1.82) is 0 Å². The highest BCUT2D eigenvalue weighted by molar-refractivity contribution is 6.30. The highest BCUT2D eigenvalue weighted by Gasteiger charge is 2.16. The van der Waals surface area contributed by atoms with Crippen molar-refractivity contribution in [3.63, 3.8) is 0 Å². The number of fused-ring (bicyclic) bond motifs is 2. The number of nitrogens with zero attached hydrogens (tertiary/aromatic N) is 1. The van der Waals surface area contributed by atoms with Gasteiger partial charge in [0.2, 0.25) is 11.1 Å². The van der Waals surface area contributed by atoms with Gasteiger partial charge in [-0.2, -0.15) is 0 Å². The van der Waals surface area contributed by atoms with E-state index in [1.807, 2.05) is 12.1 Å². The summed E-state index contributed by atoms with van der Waals surface area (Å²) in [4.78, 5) is 30.0. The predicted molar refractivity (Wildman–Crippen MR) is 112 cm³/mol. The molecular weight excluding hydrogens is 392 g/mol. The number of pyridine rings is 1. The van der Waals surface area contributed by atoms with Gasteiger partial charge in [0.05, 0.1) is 29.1 Å². The molecule has 1 amide bonds. The van der Waals surface area contributed by atoms with Gasteiger partial charge in [-0.1, -0.05) is 23.7 Å². The molecule has 1 N–H and O–H groups in total. The molecular formula is C22H17ClN2O4. The Morgan fingerprint density at radius 2 is 1.90 bits per heavy atom. The molecule has 7 heteroatoms. The summed E-state index contributed by atoms with van der Waals surface area (Å²) in [5, 5.41) is 4.08. The highest BCUT2D eigenvalue weighted by atomic mass is 35.5. The van der Waals surface area contributed by atoms with Crippen LogP contribution in [0.15, 0.2) is 57.7 Å². The number of amides is 1. The first-order valence-electron chi connectivity index (χ1n) is 8.91. The average molecular weight is 409 g/mol. The van der Waals surface area contributed by atoms with E-state index in [-0.39, 0.29) is 22.4 Å². The SMILES string of the molecule is COc1ccc2oc3nc(C)c(C(=O)NCc4ccc(Cl)cc4)cc3c(=O)c2c1. The van der Waals surface area contributed by atoms with Gasteiger partial charge >= 0.3 is 0 Å². The topological polar surface area (TPSA) is 81.4 Å². The minimum Gasteiger partial charge on any atom is -0.497 e. The maximum Gasteiger partial charge on any atom is 0.253 e. The van der Waals surface area contributed by atoms with E-state index in [0.29, 0.717) is 39.5 Å². The smallest absolute Gasteiger partial charge is 0.253 e. The van der Waals surface area contributed by atoms with E-state index in [4.69, 9.17) is 20.8 Å². The van der Waals surface area contributed by atoms with Crippen molar-refractivity contribution >= 4 is 39.6 Å². The van der Waals surface area contributed by atoms with Crippen LogP contribution in [-0.2, 0) is 6.54 Å². The molecule has 4 aromatic rings. The quantitative estimate of drug-likeness (QED) is 0.511. The first-order chi connectivity index (χ1) is 14.0. The molecule has 146 valence electrons. The number of aromatic nitrogens is 1. The molecule has 6 nitrogen and oxygen atoms in total. The van der Waals surface area contributed by atoms with E-state index in [2.05, 4.69) is 10.3 Å². The van der Waals surface area contributed by atoms with Gasteiger partial charge in [-0.3, -0.25) is 9.59 Å². The summed E-state index contributed by atoms with van der Waals surface area (Å²) in [6.07, 6.45) is 0. The van der Waals surface area contributed by atoms with Crippen molar-refractivity contribution < 1.29 is 13.9 Å². The van der Waals surface area contributed by atoms with Gasteiger partial charge in [0.1, 0.15) is 11.3 Å². The summed E-state index contributed by atoms with van der Waals surface area (Å²) in [7, 11) is 1.53. The number of nitrogens with one attached hydrogen (secondary N) is 1. The van der Waals surface area contributed by atoms with Crippen LogP contribution in [0, 0.1) is 6.92 Å². The number of carbonyl (C=O) groups excluding carboxylic acids is 1. The van der Waals surface area contributed by atoms with E-state index < -0.39 is 0 Å². The first kappa shape index (κ1) is 19.0. The molecule has 0 radical (unpaired) electrons. The fraction of sp³-hybridized carbons (Fsp3) is 0.136. The van der Waals surface area contributed by atoms with E-state index in [9.17, 15) is 9.59 Å². The zero-order valence-electron chi connectivity index (χ0n) is 15.8. The highest BCUT2D eigenvalue weighted by Crippen LogP contribution is 2.23. The number of carbonyl (C=O) groups is 1. The summed E-state index contributed by atoms with van der Waals surface area (Å²) in [6, 6.07) is 13.7. The fourth-order valence-electron chi connectivity index (χ4n) is 3.09. The molecule has 0 aliphatic carbocycles. The molecule has 2 heterocycles. The van der Waals surface area contributed by atoms with Gasteiger partial charge in [-0.15, -0.1) is 0 Å². The largest absolute Gasteiger partial charge is 0.497 e. The maximum absolute atomic E-state index is 13.0. The van der Waals surface area contributed by atoms with E-state index in [1.165, 1.54) is 13.2 Å². The number of hydrogen-bond acceptors (Lipinski definition) is 5. The van der Waals surface area contributed by atoms with Crippen LogP contribution in [0.1, 0.15) is 21.6 Å². The lowest BCUT2D eigenvalue weighted by atomic mass is 10.1. The third-order valence-electron chi connectivity index (χ3n) is 4.67. The first-order valence-corrected chi connectivity index (χ1v) is 9.29. The number of hydrogen-bond donors (Lipinski definition) is 1. The standard InChI is InChI=1S/C22H17ClN2O4/c1-12-16(21(27)24-11-13-3-5-14(23)6-4-13)10-18-20(26)17-9-15(28-2)7-8-19(17)29-22(18)25-12/h3-10H,11H2,1-2H3,(H,24,27). The molecule has 0 unspecified atom stereocenters. The number of methoxy groups -OCH3 is 1. The number of rotatable bonds is 4. The molecule has 0 aliphatic heterocycles. The Labute approximate surface area is 171 Å². The molecule has 2 aromatic heterocycles. The van der Waals surface area contributed by atoms with Crippen LogP contribution in [0.4, 0.5) is 0 Å². The van der Waals surface area contributed by atoms with Crippen molar-refractivity contribution in [2.75, 3.05) is 7.11 Å². The molecule has 2 aromatic carbocycles. The Kier molecular flexibility index (Phi) is 4.94. The van der Waals surface area contributed by atoms with Crippen LogP contribution >= 0.6 is 11.6 Å². The fourth-order valence-corrected chi connectivity index (χ4v) is 3.21. The number of benzene rings is 2. The lowest BCUT2D eigenvalue weighted by Crippen LogP contribution is -2.24. The minimum atomic E-state index is -0.322. The van der Waals surface area contributed by atoms with Gasteiger partial charge in [0, 0.05) is 11.6 Å². The minimum absolute atomic E-state index is 0.194. The van der Waals surface area contributed by atoms with Crippen molar-refractivity contribution in [2.24, 2.45) is 0 Å². The average Bonchev–Trinajstić information content (AvgIpc) is 2.72. The molecule has 0 bridgehead atoms. The molecule has 29 heavy (non-hydrogen) atoms. The van der Waals surface area contributed by atoms with Gasteiger partial charge in [0.25, 0.3) is 5.91 Å². The Morgan fingerprint density at radius 1 is 1.14 bits per heavy atom. The second kappa shape index (κ2) is 7.56. The monoisotopic (exact) mass is 408 g/mol. The van der Waals surface area contributed by atoms with Crippen molar-refractivity contribution in [3.05, 3.63) is 80.6 Å². The van der Waals surface area contributed by atoms with Crippen molar-refractivity contribution in [3.8, 4) is 5.75 Å². The molecule has 0 atom stereocenters. The zero-order chi connectivity index (χ0) is 20.5. The molecule has 0 aliphatic rings. The summed E-state index contributed by atoms with van der Waals surface area (Å²) in [6.45, 7) is 2.03. The van der Waals surface area contributed by atoms with Crippen molar-refractivity contribution in [1.82, 2.24) is 10.3 Å². The lowest BCUT2D eigenvalue weighted by Gasteiger charge is -2.09. The maximum atomic E-state index is 13.0. The van der Waals surface area contributed by atoms with Gasteiger partial charge < -0.3 is 14.5 Å². The second-order valence-corrected chi connectivity index (χ2v) is 7.01. The van der Waals surface area contributed by atoms with Crippen molar-refractivity contribution in [2.45, 2.75) is 13.5 Å². The van der Waals surface area contributed by atoms with Gasteiger partial charge in [-0.25, -0.2) is 4.98 Å². The van der Waals surface area contributed by atoms with E-state index in [1.54, 1.807) is 37.3 Å². The van der Waals surface area contributed by atoms with Crippen LogP contribution < -0.4 is 15.5 Å². The number of aryl methyl sites for hydroxylation is 1. The number of halogens is 1. The van der Waals surface area contributed by atoms with Crippen LogP contribution in [0.25, 0.3) is 22.1 Å². The van der Waals surface area contributed by atoms with Gasteiger partial charge in [-0.05, 0) is 48.9 Å². The molecule has 0 spiro atoms. The second-order valence-electron chi connectivity index (χ2n) is 6.58. The van der Waals surface area contributed by atoms with E-state index in [0.717, 1.165) is 5.56 Å². The number of ether oxygens (including phenoxy) is 1. The summed E-state index contributed by atoms with van der Waals surface area (Å²) in [5.74, 6) is 0.224. The Bertz CT molecular complexity index is 1300. The Balaban J connectivity index is 1.72. The van der Waals surface area contributed by atoms with Gasteiger partial charge in [0.15, 0.2) is 0 Å². The molecule has 4 rings (SSSR count). The zero-order valence-corrected chi connectivity index (χ0v) is 16.5. The van der Waals surface area contributed by atoms with Crippen LogP contribution in [0.3, 0.4) is 0 Å². The van der Waals surface area contributed by atoms with Crippen LogP contribution in [0.5, 0.6) is 5.75 Å². The molecule has 0 fully saturated rings. The molecule has 0 saturated heterocycles. The van der Waals surface area contributed by atoms with E-state index >= 15 is 0 Å². The summed E-state index contributed by atoms with van der Waals surface area (Å²) >= 11 is 5.88. The lowest BCUT2D eigenvalue weighted by molar-refractivity contribution is 0.0950. The summed E-state index contributed by atoms with van der Waals surface area (Å²) < 4.78 is 11.0.